The molecule has 0 aliphatic heterocycles. The Balaban J connectivity index is 2.70. The van der Waals surface area contributed by atoms with Crippen molar-refractivity contribution in [1.82, 2.24) is 10.3 Å². The molecule has 1 aromatic heterocycles. The van der Waals surface area contributed by atoms with Crippen molar-refractivity contribution >= 4 is 5.82 Å². The van der Waals surface area contributed by atoms with E-state index >= 15 is 0 Å². The molecule has 0 saturated heterocycles. The molecule has 0 radical (unpaired) electrons. The molecule has 0 spiro atoms. The first-order valence-electron chi connectivity index (χ1n) is 6.06. The second-order valence-corrected chi connectivity index (χ2v) is 4.50. The van der Waals surface area contributed by atoms with Gasteiger partial charge in [0.2, 0.25) is 0 Å². The van der Waals surface area contributed by atoms with Gasteiger partial charge in [0, 0.05) is 33.4 Å². The molecule has 0 aliphatic carbocycles. The molecule has 0 aliphatic rings. The van der Waals surface area contributed by atoms with Gasteiger partial charge in [0.15, 0.2) is 0 Å². The summed E-state index contributed by atoms with van der Waals surface area (Å²) in [5.41, 5.74) is 2.26. The Kier molecular flexibility index (Phi) is 6.04. The lowest BCUT2D eigenvalue weighted by molar-refractivity contribution is 0.0694. The van der Waals surface area contributed by atoms with Crippen LogP contribution in [-0.4, -0.2) is 50.6 Å². The van der Waals surface area contributed by atoms with Crippen molar-refractivity contribution in [3.8, 4) is 0 Å². The molecule has 1 heterocycles. The summed E-state index contributed by atoms with van der Waals surface area (Å²) >= 11 is 0. The lowest BCUT2D eigenvalue weighted by Gasteiger charge is -2.23. The third-order valence-corrected chi connectivity index (χ3v) is 2.69. The van der Waals surface area contributed by atoms with Crippen LogP contribution in [0.4, 0.5) is 5.82 Å². The molecule has 0 fully saturated rings. The van der Waals surface area contributed by atoms with Crippen LogP contribution in [0.1, 0.15) is 11.1 Å². The number of hydrogen-bond acceptors (Lipinski definition) is 5. The third-order valence-electron chi connectivity index (χ3n) is 2.69. The highest BCUT2D eigenvalue weighted by Gasteiger charge is 2.11. The van der Waals surface area contributed by atoms with Crippen LogP contribution in [0.25, 0.3) is 0 Å². The second-order valence-electron chi connectivity index (χ2n) is 4.50. The van der Waals surface area contributed by atoms with Gasteiger partial charge in [0.25, 0.3) is 0 Å². The molecule has 1 unspecified atom stereocenters. The van der Waals surface area contributed by atoms with E-state index in [0.717, 1.165) is 23.5 Å². The highest BCUT2D eigenvalue weighted by molar-refractivity contribution is 5.46. The van der Waals surface area contributed by atoms with E-state index in [9.17, 15) is 5.11 Å². The number of pyridine rings is 1. The van der Waals surface area contributed by atoms with E-state index in [-0.39, 0.29) is 0 Å². The molecule has 5 nitrogen and oxygen atoms in total. The minimum absolute atomic E-state index is 0.335. The van der Waals surface area contributed by atoms with Crippen LogP contribution in [0.3, 0.4) is 0 Å². The van der Waals surface area contributed by atoms with E-state index in [2.05, 4.69) is 16.4 Å². The fraction of sp³-hybridized carbons (Fsp3) is 0.615. The normalized spacial score (nSPS) is 12.5. The first kappa shape index (κ1) is 14.9. The largest absolute Gasteiger partial charge is 0.389 e. The molecule has 1 rings (SSSR count). The number of anilines is 1. The van der Waals surface area contributed by atoms with Crippen LogP contribution in [0.15, 0.2) is 12.3 Å². The molecule has 102 valence electrons. The monoisotopic (exact) mass is 253 g/mol. The zero-order chi connectivity index (χ0) is 13.5. The lowest BCUT2D eigenvalue weighted by Crippen LogP contribution is -2.32. The van der Waals surface area contributed by atoms with Crippen molar-refractivity contribution in [3.05, 3.63) is 23.4 Å². The number of nitrogens with zero attached hydrogens (tertiary/aromatic N) is 2. The summed E-state index contributed by atoms with van der Waals surface area (Å²) in [6.45, 7) is 3.68. The van der Waals surface area contributed by atoms with E-state index in [1.807, 2.05) is 32.1 Å². The number of aryl methyl sites for hydroxylation is 1. The Morgan fingerprint density at radius 3 is 2.83 bits per heavy atom. The minimum Gasteiger partial charge on any atom is -0.389 e. The number of aliphatic hydroxyl groups excluding tert-OH is 1. The van der Waals surface area contributed by atoms with Gasteiger partial charge in [-0.15, -0.1) is 0 Å². The predicted octanol–water partition coefficient (Wildman–Crippen LogP) is 0.553. The number of ether oxygens (including phenoxy) is 1. The van der Waals surface area contributed by atoms with Crippen LogP contribution in [0, 0.1) is 6.92 Å². The topological polar surface area (TPSA) is 57.6 Å². The maximum absolute atomic E-state index is 9.71. The van der Waals surface area contributed by atoms with Gasteiger partial charge < -0.3 is 20.1 Å². The molecule has 5 heteroatoms. The van der Waals surface area contributed by atoms with Crippen LogP contribution < -0.4 is 10.2 Å². The van der Waals surface area contributed by atoms with Crippen molar-refractivity contribution in [2.75, 3.05) is 39.3 Å². The molecule has 0 amide bonds. The molecule has 0 saturated carbocycles. The molecule has 1 aromatic rings. The van der Waals surface area contributed by atoms with Crippen LogP contribution in [0.5, 0.6) is 0 Å². The van der Waals surface area contributed by atoms with Gasteiger partial charge >= 0.3 is 0 Å². The number of methoxy groups -OCH3 is 1. The van der Waals surface area contributed by atoms with Gasteiger partial charge in [-0.3, -0.25) is 0 Å². The lowest BCUT2D eigenvalue weighted by atomic mass is 10.2. The minimum atomic E-state index is -0.502. The Morgan fingerprint density at radius 2 is 2.28 bits per heavy atom. The van der Waals surface area contributed by atoms with E-state index in [1.54, 1.807) is 7.11 Å². The van der Waals surface area contributed by atoms with E-state index in [4.69, 9.17) is 4.74 Å². The molecule has 2 N–H and O–H groups in total. The highest BCUT2D eigenvalue weighted by Crippen LogP contribution is 2.16. The van der Waals surface area contributed by atoms with Crippen molar-refractivity contribution in [3.63, 3.8) is 0 Å². The van der Waals surface area contributed by atoms with Crippen molar-refractivity contribution in [2.24, 2.45) is 0 Å². The molecule has 1 atom stereocenters. The van der Waals surface area contributed by atoms with Gasteiger partial charge in [-0.25, -0.2) is 4.98 Å². The Morgan fingerprint density at radius 1 is 1.56 bits per heavy atom. The van der Waals surface area contributed by atoms with Gasteiger partial charge in [-0.05, 0) is 31.2 Å². The fourth-order valence-corrected chi connectivity index (χ4v) is 1.97. The van der Waals surface area contributed by atoms with Crippen LogP contribution in [0.2, 0.25) is 0 Å². The molecule has 0 aromatic carbocycles. The average molecular weight is 253 g/mol. The van der Waals surface area contributed by atoms with Gasteiger partial charge in [0.05, 0.1) is 12.7 Å². The molecular formula is C13H23N3O2. The van der Waals surface area contributed by atoms with E-state index in [1.165, 1.54) is 0 Å². The first-order valence-corrected chi connectivity index (χ1v) is 6.06. The highest BCUT2D eigenvalue weighted by atomic mass is 16.5. The fourth-order valence-electron chi connectivity index (χ4n) is 1.97. The number of likely N-dealkylation sites (N-methyl/N-ethyl adjacent to an activating group) is 1. The van der Waals surface area contributed by atoms with Gasteiger partial charge in [-0.1, -0.05) is 0 Å². The quantitative estimate of drug-likeness (QED) is 0.743. The maximum atomic E-state index is 9.71. The summed E-state index contributed by atoms with van der Waals surface area (Å²) in [5.74, 6) is 0.894. The number of aliphatic hydroxyl groups is 1. The number of aromatic nitrogens is 1. The molecule has 18 heavy (non-hydrogen) atoms. The van der Waals surface area contributed by atoms with Crippen molar-refractivity contribution in [1.29, 1.82) is 0 Å². The SMILES string of the molecule is CNCc1cnc(N(C)CC(O)COC)c(C)c1. The molecule has 0 bridgehead atoms. The molecular weight excluding hydrogens is 230 g/mol. The standard InChI is InChI=1S/C13H23N3O2/c1-10-5-11(6-14-2)7-15-13(10)16(3)8-12(17)9-18-4/h5,7,12,14,17H,6,8-9H2,1-4H3. The van der Waals surface area contributed by atoms with E-state index < -0.39 is 6.10 Å². The number of hydrogen-bond donors (Lipinski definition) is 2. The van der Waals surface area contributed by atoms with E-state index in [0.29, 0.717) is 13.2 Å². The summed E-state index contributed by atoms with van der Waals surface area (Å²) in [7, 11) is 5.42. The number of rotatable bonds is 7. The summed E-state index contributed by atoms with van der Waals surface area (Å²) < 4.78 is 4.92. The van der Waals surface area contributed by atoms with Crippen molar-refractivity contribution < 1.29 is 9.84 Å². The summed E-state index contributed by atoms with van der Waals surface area (Å²) in [5, 5.41) is 12.8. The Labute approximate surface area is 109 Å². The second kappa shape index (κ2) is 7.31. The zero-order valence-electron chi connectivity index (χ0n) is 11.6. The van der Waals surface area contributed by atoms with Gasteiger partial charge in [-0.2, -0.15) is 0 Å². The predicted molar refractivity (Wildman–Crippen MR) is 72.9 cm³/mol. The Hall–Kier alpha value is -1.17. The first-order chi connectivity index (χ1) is 8.58. The number of nitrogens with one attached hydrogen (secondary N) is 1. The zero-order valence-corrected chi connectivity index (χ0v) is 11.6. The summed E-state index contributed by atoms with van der Waals surface area (Å²) in [6.07, 6.45) is 1.36. The van der Waals surface area contributed by atoms with Crippen LogP contribution >= 0.6 is 0 Å². The summed E-state index contributed by atoms with van der Waals surface area (Å²) in [4.78, 5) is 6.39. The van der Waals surface area contributed by atoms with Crippen molar-refractivity contribution in [2.45, 2.75) is 19.6 Å². The smallest absolute Gasteiger partial charge is 0.131 e. The maximum Gasteiger partial charge on any atom is 0.131 e. The average Bonchev–Trinajstić information content (AvgIpc) is 2.29. The third kappa shape index (κ3) is 4.25. The van der Waals surface area contributed by atoms with Gasteiger partial charge in [0.1, 0.15) is 5.82 Å². The Bertz CT molecular complexity index is 371. The van der Waals surface area contributed by atoms with Crippen LogP contribution in [-0.2, 0) is 11.3 Å². The summed E-state index contributed by atoms with van der Waals surface area (Å²) in [6, 6.07) is 2.11.